The predicted molar refractivity (Wildman–Crippen MR) is 163 cm³/mol. The van der Waals surface area contributed by atoms with Crippen LogP contribution in [-0.4, -0.2) is 22.0 Å². The fourth-order valence-corrected chi connectivity index (χ4v) is 4.93. The summed E-state index contributed by atoms with van der Waals surface area (Å²) in [6, 6.07) is 17.2. The topological polar surface area (TPSA) is 52.1 Å². The molecule has 39 heavy (non-hydrogen) atoms. The summed E-state index contributed by atoms with van der Waals surface area (Å²) >= 11 is 0. The summed E-state index contributed by atoms with van der Waals surface area (Å²) in [4.78, 5) is 21.7. The first-order valence-electron chi connectivity index (χ1n) is 15.2. The third-order valence-electron chi connectivity index (χ3n) is 7.57. The Labute approximate surface area is 236 Å². The molecule has 0 saturated heterocycles. The summed E-state index contributed by atoms with van der Waals surface area (Å²) in [6.45, 7) is 8.90. The minimum atomic E-state index is -0.120. The number of nitrogens with zero attached hydrogens (tertiary/aromatic N) is 2. The Bertz CT molecular complexity index is 1090. The SMILES string of the molecule is CCCc1ccc(-c2ccc(-c3ncc(CC(CCC)OC(=O)CCCCCC[C@@H](C)CC)cn3)cc2)cc1. The highest BCUT2D eigenvalue weighted by Crippen LogP contribution is 2.24. The van der Waals surface area contributed by atoms with Crippen LogP contribution >= 0.6 is 0 Å². The third kappa shape index (κ3) is 10.6. The number of hydrogen-bond acceptors (Lipinski definition) is 4. The van der Waals surface area contributed by atoms with Gasteiger partial charge >= 0.3 is 5.97 Å². The van der Waals surface area contributed by atoms with E-state index in [1.54, 1.807) is 0 Å². The zero-order valence-corrected chi connectivity index (χ0v) is 24.6. The van der Waals surface area contributed by atoms with Gasteiger partial charge in [-0.15, -0.1) is 0 Å². The average molecular weight is 529 g/mol. The first-order chi connectivity index (χ1) is 19.0. The van der Waals surface area contributed by atoms with Crippen LogP contribution in [0.25, 0.3) is 22.5 Å². The molecule has 0 aliphatic rings. The van der Waals surface area contributed by atoms with Crippen LogP contribution in [0.1, 0.15) is 103 Å². The number of aromatic nitrogens is 2. The van der Waals surface area contributed by atoms with Crippen molar-refractivity contribution in [3.63, 3.8) is 0 Å². The number of unbranched alkanes of at least 4 members (excludes halogenated alkanes) is 3. The fourth-order valence-electron chi connectivity index (χ4n) is 4.93. The Morgan fingerprint density at radius 3 is 1.97 bits per heavy atom. The quantitative estimate of drug-likeness (QED) is 0.129. The van der Waals surface area contributed by atoms with Crippen molar-refractivity contribution in [3.05, 3.63) is 72.1 Å². The number of carbonyl (C=O) groups is 1. The van der Waals surface area contributed by atoms with Crippen LogP contribution in [0, 0.1) is 5.92 Å². The van der Waals surface area contributed by atoms with Crippen molar-refractivity contribution in [3.8, 4) is 22.5 Å². The largest absolute Gasteiger partial charge is 0.462 e. The summed E-state index contributed by atoms with van der Waals surface area (Å²) < 4.78 is 5.85. The molecule has 0 saturated carbocycles. The van der Waals surface area contributed by atoms with Crippen LogP contribution in [0.15, 0.2) is 60.9 Å². The maximum atomic E-state index is 12.5. The van der Waals surface area contributed by atoms with Crippen LogP contribution in [0.4, 0.5) is 0 Å². The second kappa shape index (κ2) is 16.8. The molecule has 0 bridgehead atoms. The van der Waals surface area contributed by atoms with Gasteiger partial charge in [-0.1, -0.05) is 121 Å². The molecule has 1 heterocycles. The molecule has 3 aromatic rings. The molecule has 1 aromatic heterocycles. The molecule has 4 nitrogen and oxygen atoms in total. The number of ether oxygens (including phenoxy) is 1. The molecule has 0 aliphatic carbocycles. The summed E-state index contributed by atoms with van der Waals surface area (Å²) in [7, 11) is 0. The van der Waals surface area contributed by atoms with Crippen molar-refractivity contribution in [2.75, 3.05) is 0 Å². The van der Waals surface area contributed by atoms with Gasteiger partial charge in [-0.3, -0.25) is 4.79 Å². The second-order valence-corrected chi connectivity index (χ2v) is 11.0. The molecule has 0 radical (unpaired) electrons. The minimum absolute atomic E-state index is 0.0759. The Morgan fingerprint density at radius 2 is 1.36 bits per heavy atom. The molecule has 1 unspecified atom stereocenters. The molecule has 0 fully saturated rings. The molecule has 2 aromatic carbocycles. The van der Waals surface area contributed by atoms with Crippen LogP contribution in [0.5, 0.6) is 0 Å². The molecule has 2 atom stereocenters. The first-order valence-corrected chi connectivity index (χ1v) is 15.2. The van der Waals surface area contributed by atoms with E-state index in [0.29, 0.717) is 18.7 Å². The number of aryl methyl sites for hydroxylation is 1. The lowest BCUT2D eigenvalue weighted by molar-refractivity contribution is -0.149. The maximum Gasteiger partial charge on any atom is 0.306 e. The van der Waals surface area contributed by atoms with Crippen LogP contribution in [0.3, 0.4) is 0 Å². The highest BCUT2D eigenvalue weighted by Gasteiger charge is 2.15. The van der Waals surface area contributed by atoms with E-state index in [1.165, 1.54) is 42.4 Å². The molecular formula is C35H48N2O2. The van der Waals surface area contributed by atoms with Crippen molar-refractivity contribution in [1.29, 1.82) is 0 Å². The Morgan fingerprint density at radius 1 is 0.744 bits per heavy atom. The molecule has 3 rings (SSSR count). The highest BCUT2D eigenvalue weighted by molar-refractivity contribution is 5.69. The van der Waals surface area contributed by atoms with E-state index in [9.17, 15) is 4.79 Å². The summed E-state index contributed by atoms with van der Waals surface area (Å²) in [6.07, 6.45) is 15.9. The van der Waals surface area contributed by atoms with E-state index in [0.717, 1.165) is 55.6 Å². The zero-order chi connectivity index (χ0) is 27.9. The number of rotatable bonds is 17. The first kappa shape index (κ1) is 30.5. The van der Waals surface area contributed by atoms with Crippen molar-refractivity contribution in [2.24, 2.45) is 5.92 Å². The predicted octanol–water partition coefficient (Wildman–Crippen LogP) is 9.40. The van der Waals surface area contributed by atoms with Gasteiger partial charge in [-0.2, -0.15) is 0 Å². The van der Waals surface area contributed by atoms with Crippen molar-refractivity contribution >= 4 is 5.97 Å². The molecule has 0 aliphatic heterocycles. The number of hydrogen-bond donors (Lipinski definition) is 0. The monoisotopic (exact) mass is 528 g/mol. The lowest BCUT2D eigenvalue weighted by Crippen LogP contribution is -2.20. The Kier molecular flexibility index (Phi) is 13.2. The van der Waals surface area contributed by atoms with Crippen molar-refractivity contribution < 1.29 is 9.53 Å². The van der Waals surface area contributed by atoms with Crippen molar-refractivity contribution in [1.82, 2.24) is 9.97 Å². The van der Waals surface area contributed by atoms with E-state index >= 15 is 0 Å². The molecule has 210 valence electrons. The molecular weight excluding hydrogens is 480 g/mol. The van der Waals surface area contributed by atoms with Gasteiger partial charge in [0.1, 0.15) is 6.10 Å². The van der Waals surface area contributed by atoms with Gasteiger partial charge in [0, 0.05) is 30.8 Å². The number of benzene rings is 2. The summed E-state index contributed by atoms with van der Waals surface area (Å²) in [5.41, 5.74) is 5.78. The Balaban J connectivity index is 1.48. The van der Waals surface area contributed by atoms with Gasteiger partial charge in [0.25, 0.3) is 0 Å². The maximum absolute atomic E-state index is 12.5. The molecule has 0 amide bonds. The lowest BCUT2D eigenvalue weighted by Gasteiger charge is -2.17. The van der Waals surface area contributed by atoms with E-state index in [2.05, 4.69) is 86.2 Å². The smallest absolute Gasteiger partial charge is 0.306 e. The van der Waals surface area contributed by atoms with Crippen LogP contribution < -0.4 is 0 Å². The number of carbonyl (C=O) groups excluding carboxylic acids is 1. The van der Waals surface area contributed by atoms with Gasteiger partial charge in [0.15, 0.2) is 5.82 Å². The van der Waals surface area contributed by atoms with Crippen LogP contribution in [0.2, 0.25) is 0 Å². The van der Waals surface area contributed by atoms with Crippen molar-refractivity contribution in [2.45, 2.75) is 111 Å². The number of esters is 1. The average Bonchev–Trinajstić information content (AvgIpc) is 2.96. The standard InChI is InChI=1S/C35H48N2O2/c1-5-12-28-16-18-30(19-17-28)31-20-22-32(23-21-31)35-36-25-29(26-37-35)24-33(13-6-2)39-34(38)15-11-9-8-10-14-27(4)7-3/h16-23,25-27,33H,5-15,24H2,1-4H3/t27-,33?/m0/s1. The summed E-state index contributed by atoms with van der Waals surface area (Å²) in [5.74, 6) is 1.44. The lowest BCUT2D eigenvalue weighted by atomic mass is 10.00. The molecule has 0 spiro atoms. The van der Waals surface area contributed by atoms with E-state index in [4.69, 9.17) is 4.74 Å². The molecule has 0 N–H and O–H groups in total. The van der Waals surface area contributed by atoms with Gasteiger partial charge in [0.05, 0.1) is 0 Å². The van der Waals surface area contributed by atoms with E-state index < -0.39 is 0 Å². The third-order valence-corrected chi connectivity index (χ3v) is 7.57. The van der Waals surface area contributed by atoms with Gasteiger partial charge in [0.2, 0.25) is 0 Å². The van der Waals surface area contributed by atoms with Gasteiger partial charge in [-0.05, 0) is 47.4 Å². The van der Waals surface area contributed by atoms with Crippen LogP contribution in [-0.2, 0) is 22.4 Å². The zero-order valence-electron chi connectivity index (χ0n) is 24.6. The second-order valence-electron chi connectivity index (χ2n) is 11.0. The fraction of sp³-hybridized carbons (Fsp3) is 0.514. The minimum Gasteiger partial charge on any atom is -0.462 e. The Hall–Kier alpha value is -3.01. The van der Waals surface area contributed by atoms with Gasteiger partial charge in [-0.25, -0.2) is 9.97 Å². The molecule has 4 heteroatoms. The van der Waals surface area contributed by atoms with Gasteiger partial charge < -0.3 is 4.74 Å². The normalized spacial score (nSPS) is 12.7. The van der Waals surface area contributed by atoms with E-state index in [1.807, 2.05) is 12.4 Å². The highest BCUT2D eigenvalue weighted by atomic mass is 16.5. The summed E-state index contributed by atoms with van der Waals surface area (Å²) in [5, 5.41) is 0. The van der Waals surface area contributed by atoms with E-state index in [-0.39, 0.29) is 12.1 Å².